The zero-order valence-electron chi connectivity index (χ0n) is 12.6. The highest BCUT2D eigenvalue weighted by molar-refractivity contribution is 7.89. The molecule has 4 N–H and O–H groups in total. The number of rotatable bonds is 3. The monoisotopic (exact) mass is 312 g/mol. The summed E-state index contributed by atoms with van der Waals surface area (Å²) >= 11 is 0. The zero-order valence-corrected chi connectivity index (χ0v) is 13.4. The van der Waals surface area contributed by atoms with Crippen molar-refractivity contribution in [3.63, 3.8) is 0 Å². The lowest BCUT2D eigenvalue weighted by Gasteiger charge is -2.22. The van der Waals surface area contributed by atoms with E-state index in [0.29, 0.717) is 24.1 Å². The van der Waals surface area contributed by atoms with Gasteiger partial charge in [-0.05, 0) is 49.9 Å². The molecule has 1 aromatic carbocycles. The number of hydrogen-bond acceptors (Lipinski definition) is 4. The van der Waals surface area contributed by atoms with Crippen LogP contribution in [-0.2, 0) is 10.0 Å². The molecule has 0 amide bonds. The van der Waals surface area contributed by atoms with E-state index in [-0.39, 0.29) is 4.90 Å². The van der Waals surface area contributed by atoms with Crippen molar-refractivity contribution in [2.24, 2.45) is 0 Å². The van der Waals surface area contributed by atoms with Gasteiger partial charge in [0.15, 0.2) is 0 Å². The summed E-state index contributed by atoms with van der Waals surface area (Å²) in [7, 11) is -3.67. The predicted octanol–water partition coefficient (Wildman–Crippen LogP) is 1.86. The van der Waals surface area contributed by atoms with Crippen LogP contribution in [0.15, 0.2) is 17.0 Å². The van der Waals surface area contributed by atoms with E-state index in [1.54, 1.807) is 13.0 Å². The third-order valence-electron chi connectivity index (χ3n) is 4.22. The van der Waals surface area contributed by atoms with E-state index < -0.39 is 22.2 Å². The average molecular weight is 312 g/mol. The van der Waals surface area contributed by atoms with Crippen LogP contribution in [0.3, 0.4) is 0 Å². The number of benzene rings is 1. The molecular weight excluding hydrogens is 288 g/mol. The van der Waals surface area contributed by atoms with Gasteiger partial charge < -0.3 is 10.8 Å². The van der Waals surface area contributed by atoms with Crippen LogP contribution in [0.25, 0.3) is 0 Å². The van der Waals surface area contributed by atoms with Crippen LogP contribution in [0.2, 0.25) is 0 Å². The van der Waals surface area contributed by atoms with Gasteiger partial charge in [-0.2, -0.15) is 0 Å². The highest BCUT2D eigenvalue weighted by Crippen LogP contribution is 2.24. The van der Waals surface area contributed by atoms with Crippen LogP contribution in [0.1, 0.15) is 43.2 Å². The third kappa shape index (κ3) is 3.75. The van der Waals surface area contributed by atoms with Gasteiger partial charge in [0.2, 0.25) is 10.0 Å². The van der Waals surface area contributed by atoms with E-state index >= 15 is 0 Å². The summed E-state index contributed by atoms with van der Waals surface area (Å²) in [4.78, 5) is 0.205. The highest BCUT2D eigenvalue weighted by Gasteiger charge is 2.28. The zero-order chi connectivity index (χ0) is 15.6. The Morgan fingerprint density at radius 1 is 1.19 bits per heavy atom. The molecule has 118 valence electrons. The van der Waals surface area contributed by atoms with E-state index in [2.05, 4.69) is 4.72 Å². The van der Waals surface area contributed by atoms with Gasteiger partial charge in [-0.3, -0.25) is 0 Å². The molecule has 1 fully saturated rings. The van der Waals surface area contributed by atoms with Crippen LogP contribution >= 0.6 is 0 Å². The van der Waals surface area contributed by atoms with Crippen molar-refractivity contribution < 1.29 is 13.5 Å². The van der Waals surface area contributed by atoms with Crippen molar-refractivity contribution in [2.75, 3.05) is 5.73 Å². The summed E-state index contributed by atoms with van der Waals surface area (Å²) in [6.07, 6.45) is 3.59. The van der Waals surface area contributed by atoms with E-state index in [0.717, 1.165) is 24.8 Å². The minimum absolute atomic E-state index is 0.205. The summed E-state index contributed by atoms with van der Waals surface area (Å²) in [5.74, 6) is 0. The molecular formula is C15H24N2O3S. The second-order valence-electron chi connectivity index (χ2n) is 5.89. The van der Waals surface area contributed by atoms with Crippen molar-refractivity contribution in [1.82, 2.24) is 4.72 Å². The number of nitrogens with one attached hydrogen (secondary N) is 1. The van der Waals surface area contributed by atoms with E-state index in [1.807, 2.05) is 6.92 Å². The standard InChI is InChI=1S/C15H24N2O3S/c1-10-8-12(16)9-15(11(10)2)21(19,20)17-13-6-4-3-5-7-14(13)18/h8-9,13-14,17-18H,3-7,16H2,1-2H3. The molecule has 0 saturated heterocycles. The molecule has 0 radical (unpaired) electrons. The van der Waals surface area contributed by atoms with Crippen molar-refractivity contribution in [2.45, 2.75) is 63.0 Å². The number of anilines is 1. The Labute approximate surface area is 126 Å². The number of aryl methyl sites for hydroxylation is 1. The first-order chi connectivity index (χ1) is 9.81. The predicted molar refractivity (Wildman–Crippen MR) is 83.5 cm³/mol. The van der Waals surface area contributed by atoms with Gasteiger partial charge in [0, 0.05) is 11.7 Å². The molecule has 1 saturated carbocycles. The molecule has 1 aliphatic rings. The lowest BCUT2D eigenvalue weighted by atomic mass is 10.1. The Bertz CT molecular complexity index is 614. The smallest absolute Gasteiger partial charge is 0.241 e. The molecule has 0 heterocycles. The van der Waals surface area contributed by atoms with Crippen molar-refractivity contribution >= 4 is 15.7 Å². The third-order valence-corrected chi connectivity index (χ3v) is 5.83. The summed E-state index contributed by atoms with van der Waals surface area (Å²) in [5, 5.41) is 10.1. The number of hydrogen-bond donors (Lipinski definition) is 3. The molecule has 0 spiro atoms. The Kier molecular flexibility index (Phi) is 4.91. The van der Waals surface area contributed by atoms with Gasteiger partial charge in [-0.15, -0.1) is 0 Å². The largest absolute Gasteiger partial charge is 0.399 e. The second-order valence-corrected chi connectivity index (χ2v) is 7.58. The molecule has 0 aliphatic heterocycles. The van der Waals surface area contributed by atoms with Crippen LogP contribution in [0.4, 0.5) is 5.69 Å². The first kappa shape index (κ1) is 16.3. The molecule has 2 unspecified atom stereocenters. The maximum absolute atomic E-state index is 12.6. The van der Waals surface area contributed by atoms with Gasteiger partial charge in [0.25, 0.3) is 0 Å². The van der Waals surface area contributed by atoms with Crippen molar-refractivity contribution in [3.8, 4) is 0 Å². The number of aliphatic hydroxyl groups is 1. The fourth-order valence-corrected chi connectivity index (χ4v) is 4.48. The van der Waals surface area contributed by atoms with Crippen LogP contribution in [0.5, 0.6) is 0 Å². The minimum atomic E-state index is -3.67. The average Bonchev–Trinajstić information content (AvgIpc) is 2.59. The Hall–Kier alpha value is -1.11. The maximum atomic E-state index is 12.6. The second kappa shape index (κ2) is 6.34. The number of sulfonamides is 1. The van der Waals surface area contributed by atoms with Gasteiger partial charge in [0.05, 0.1) is 11.0 Å². The normalized spacial score (nSPS) is 23.8. The maximum Gasteiger partial charge on any atom is 0.241 e. The molecule has 2 rings (SSSR count). The van der Waals surface area contributed by atoms with Gasteiger partial charge in [-0.1, -0.05) is 19.3 Å². The molecule has 21 heavy (non-hydrogen) atoms. The summed E-state index contributed by atoms with van der Waals surface area (Å²) in [6.45, 7) is 3.61. The molecule has 6 heteroatoms. The number of nitrogen functional groups attached to an aromatic ring is 1. The lowest BCUT2D eigenvalue weighted by Crippen LogP contribution is -2.42. The quantitative estimate of drug-likeness (QED) is 0.587. The Balaban J connectivity index is 2.30. The summed E-state index contributed by atoms with van der Waals surface area (Å²) < 4.78 is 27.9. The topological polar surface area (TPSA) is 92.4 Å². The van der Waals surface area contributed by atoms with Gasteiger partial charge >= 0.3 is 0 Å². The van der Waals surface area contributed by atoms with E-state index in [9.17, 15) is 13.5 Å². The SMILES string of the molecule is Cc1cc(N)cc(S(=O)(=O)NC2CCCCCC2O)c1C. The highest BCUT2D eigenvalue weighted by atomic mass is 32.2. The fraction of sp³-hybridized carbons (Fsp3) is 0.600. The van der Waals surface area contributed by atoms with Crippen LogP contribution in [0, 0.1) is 13.8 Å². The van der Waals surface area contributed by atoms with Crippen molar-refractivity contribution in [3.05, 3.63) is 23.3 Å². The summed E-state index contributed by atoms with van der Waals surface area (Å²) in [6, 6.07) is 2.82. The Morgan fingerprint density at radius 3 is 2.57 bits per heavy atom. The first-order valence-corrected chi connectivity index (χ1v) is 8.86. The van der Waals surface area contributed by atoms with E-state index in [1.165, 1.54) is 6.07 Å². The molecule has 2 atom stereocenters. The first-order valence-electron chi connectivity index (χ1n) is 7.38. The fourth-order valence-electron chi connectivity index (χ4n) is 2.82. The lowest BCUT2D eigenvalue weighted by molar-refractivity contribution is 0.130. The minimum Gasteiger partial charge on any atom is -0.399 e. The Morgan fingerprint density at radius 2 is 1.86 bits per heavy atom. The van der Waals surface area contributed by atoms with Gasteiger partial charge in [0.1, 0.15) is 0 Å². The van der Waals surface area contributed by atoms with Crippen molar-refractivity contribution in [1.29, 1.82) is 0 Å². The van der Waals surface area contributed by atoms with E-state index in [4.69, 9.17) is 5.73 Å². The number of nitrogens with two attached hydrogens (primary N) is 1. The summed E-state index contributed by atoms with van der Waals surface area (Å²) in [5.41, 5.74) is 7.74. The van der Waals surface area contributed by atoms with Crippen LogP contribution < -0.4 is 10.5 Å². The van der Waals surface area contributed by atoms with Crippen LogP contribution in [-0.4, -0.2) is 25.7 Å². The molecule has 0 bridgehead atoms. The van der Waals surface area contributed by atoms with Gasteiger partial charge in [-0.25, -0.2) is 13.1 Å². The molecule has 5 nitrogen and oxygen atoms in total. The molecule has 1 aliphatic carbocycles. The number of aliphatic hydroxyl groups excluding tert-OH is 1. The molecule has 0 aromatic heterocycles. The molecule has 1 aromatic rings.